The van der Waals surface area contributed by atoms with E-state index in [1.165, 1.54) is 4.31 Å². The van der Waals surface area contributed by atoms with E-state index in [1.807, 2.05) is 74.5 Å². The standard InChI is InChI=1S/C33H34ClN3O4S/c1-23(2)35-33(39)29(21-24-10-4-3-5-11-24)36(22-25-12-6-15-27(34)20-25)31(38)18-9-19-37-28-16-7-13-26-14-8-17-30(32(26)28)42(37,40)41/h3-8,10-17,20,23,29H,9,18-19,21-22H2,1-2H3,(H,35,39)/t29-/m0/s1. The van der Waals surface area contributed by atoms with E-state index in [-0.39, 0.29) is 42.3 Å². The summed E-state index contributed by atoms with van der Waals surface area (Å²) >= 11 is 6.26. The van der Waals surface area contributed by atoms with E-state index in [2.05, 4.69) is 5.32 Å². The fourth-order valence-electron chi connectivity index (χ4n) is 5.48. The van der Waals surface area contributed by atoms with E-state index < -0.39 is 16.1 Å². The second-order valence-electron chi connectivity index (χ2n) is 10.8. The summed E-state index contributed by atoms with van der Waals surface area (Å²) in [4.78, 5) is 29.4. The number of benzene rings is 4. The average molecular weight is 604 g/mol. The van der Waals surface area contributed by atoms with Crippen LogP contribution in [0.2, 0.25) is 5.02 Å². The van der Waals surface area contributed by atoms with Crippen molar-refractivity contribution in [2.24, 2.45) is 0 Å². The van der Waals surface area contributed by atoms with Crippen molar-refractivity contribution in [2.75, 3.05) is 10.8 Å². The van der Waals surface area contributed by atoms with Crippen molar-refractivity contribution in [3.8, 4) is 0 Å². The highest BCUT2D eigenvalue weighted by Gasteiger charge is 2.36. The molecule has 4 aromatic carbocycles. The van der Waals surface area contributed by atoms with Crippen LogP contribution in [0.4, 0.5) is 5.69 Å². The minimum absolute atomic E-state index is 0.0686. The Hall–Kier alpha value is -3.88. The fourth-order valence-corrected chi connectivity index (χ4v) is 7.44. The average Bonchev–Trinajstić information content (AvgIpc) is 3.18. The lowest BCUT2D eigenvalue weighted by Gasteiger charge is -2.32. The molecule has 4 aromatic rings. The Morgan fingerprint density at radius 1 is 0.905 bits per heavy atom. The van der Waals surface area contributed by atoms with Gasteiger partial charge in [0, 0.05) is 42.4 Å². The minimum Gasteiger partial charge on any atom is -0.352 e. The summed E-state index contributed by atoms with van der Waals surface area (Å²) in [6.45, 7) is 4.11. The first-order chi connectivity index (χ1) is 20.1. The van der Waals surface area contributed by atoms with E-state index in [9.17, 15) is 18.0 Å². The Morgan fingerprint density at radius 3 is 2.31 bits per heavy atom. The van der Waals surface area contributed by atoms with Gasteiger partial charge >= 0.3 is 0 Å². The van der Waals surface area contributed by atoms with Crippen molar-refractivity contribution < 1.29 is 18.0 Å². The number of carbonyl (C=O) groups is 2. The van der Waals surface area contributed by atoms with Gasteiger partial charge in [-0.25, -0.2) is 8.42 Å². The topological polar surface area (TPSA) is 86.8 Å². The zero-order chi connectivity index (χ0) is 29.9. The molecule has 1 N–H and O–H groups in total. The Kier molecular flexibility index (Phi) is 8.85. The second kappa shape index (κ2) is 12.5. The van der Waals surface area contributed by atoms with Gasteiger partial charge < -0.3 is 10.2 Å². The van der Waals surface area contributed by atoms with Gasteiger partial charge in [0.15, 0.2) is 0 Å². The molecule has 0 saturated heterocycles. The van der Waals surface area contributed by atoms with Crippen LogP contribution < -0.4 is 9.62 Å². The summed E-state index contributed by atoms with van der Waals surface area (Å²) in [7, 11) is -3.72. The zero-order valence-electron chi connectivity index (χ0n) is 23.7. The van der Waals surface area contributed by atoms with Gasteiger partial charge in [-0.3, -0.25) is 13.9 Å². The highest BCUT2D eigenvalue weighted by atomic mass is 35.5. The summed E-state index contributed by atoms with van der Waals surface area (Å²) in [5, 5.41) is 5.09. The summed E-state index contributed by atoms with van der Waals surface area (Å²) in [5.41, 5.74) is 2.36. The lowest BCUT2D eigenvalue weighted by atomic mass is 10.0. The number of halogens is 1. The molecule has 5 rings (SSSR count). The van der Waals surface area contributed by atoms with Crippen LogP contribution in [0.5, 0.6) is 0 Å². The highest BCUT2D eigenvalue weighted by Crippen LogP contribution is 2.42. The number of nitrogens with one attached hydrogen (secondary N) is 1. The Bertz CT molecular complexity index is 1700. The Balaban J connectivity index is 1.40. The molecule has 0 aromatic heterocycles. The normalized spacial score (nSPS) is 14.2. The van der Waals surface area contributed by atoms with E-state index in [4.69, 9.17) is 11.6 Å². The molecule has 9 heteroatoms. The largest absolute Gasteiger partial charge is 0.352 e. The molecule has 1 aliphatic rings. The molecule has 0 spiro atoms. The van der Waals surface area contributed by atoms with Crippen molar-refractivity contribution >= 4 is 49.9 Å². The predicted molar refractivity (Wildman–Crippen MR) is 167 cm³/mol. The minimum atomic E-state index is -3.72. The SMILES string of the molecule is CC(C)NC(=O)[C@H](Cc1ccccc1)N(Cc1cccc(Cl)c1)C(=O)CCCN1c2cccc3cccc(c23)S1(=O)=O. The van der Waals surface area contributed by atoms with E-state index in [1.54, 1.807) is 35.2 Å². The molecule has 0 radical (unpaired) electrons. The van der Waals surface area contributed by atoms with Crippen LogP contribution in [0.1, 0.15) is 37.8 Å². The quantitative estimate of drug-likeness (QED) is 0.230. The van der Waals surface area contributed by atoms with Crippen molar-refractivity contribution in [1.29, 1.82) is 0 Å². The summed E-state index contributed by atoms with van der Waals surface area (Å²) in [6, 6.07) is 26.8. The third-order valence-electron chi connectivity index (χ3n) is 7.38. The van der Waals surface area contributed by atoms with Crippen LogP contribution in [0.15, 0.2) is 95.9 Å². The molecule has 218 valence electrons. The smallest absolute Gasteiger partial charge is 0.265 e. The number of hydrogen-bond donors (Lipinski definition) is 1. The van der Waals surface area contributed by atoms with Gasteiger partial charge in [0.1, 0.15) is 6.04 Å². The molecule has 7 nitrogen and oxygen atoms in total. The van der Waals surface area contributed by atoms with Gasteiger partial charge in [0.25, 0.3) is 10.0 Å². The van der Waals surface area contributed by atoms with Gasteiger partial charge in [0.05, 0.1) is 10.6 Å². The van der Waals surface area contributed by atoms with Gasteiger partial charge in [-0.2, -0.15) is 0 Å². The van der Waals surface area contributed by atoms with Crippen molar-refractivity contribution in [2.45, 2.75) is 56.6 Å². The summed E-state index contributed by atoms with van der Waals surface area (Å²) in [5.74, 6) is -0.476. The first kappa shape index (κ1) is 29.6. The number of rotatable bonds is 11. The lowest BCUT2D eigenvalue weighted by Crippen LogP contribution is -2.51. The van der Waals surface area contributed by atoms with Crippen LogP contribution in [-0.2, 0) is 32.6 Å². The Morgan fingerprint density at radius 2 is 1.60 bits per heavy atom. The number of hydrogen-bond acceptors (Lipinski definition) is 4. The second-order valence-corrected chi connectivity index (χ2v) is 13.1. The number of carbonyl (C=O) groups excluding carboxylic acids is 2. The van der Waals surface area contributed by atoms with Crippen LogP contribution in [0, 0.1) is 0 Å². The first-order valence-electron chi connectivity index (χ1n) is 14.1. The monoisotopic (exact) mass is 603 g/mol. The molecular weight excluding hydrogens is 570 g/mol. The molecule has 0 fully saturated rings. The van der Waals surface area contributed by atoms with E-state index in [0.29, 0.717) is 28.9 Å². The maximum absolute atomic E-state index is 13.9. The molecule has 0 aliphatic carbocycles. The van der Waals surface area contributed by atoms with Crippen molar-refractivity contribution in [3.63, 3.8) is 0 Å². The maximum atomic E-state index is 13.9. The van der Waals surface area contributed by atoms with Crippen molar-refractivity contribution in [1.82, 2.24) is 10.2 Å². The molecule has 2 amide bonds. The molecular formula is C33H34ClN3O4S. The molecule has 1 atom stereocenters. The molecule has 0 unspecified atom stereocenters. The molecule has 1 heterocycles. The molecule has 0 bridgehead atoms. The lowest BCUT2D eigenvalue weighted by molar-refractivity contribution is -0.141. The van der Waals surface area contributed by atoms with E-state index >= 15 is 0 Å². The van der Waals surface area contributed by atoms with Crippen LogP contribution in [0.3, 0.4) is 0 Å². The highest BCUT2D eigenvalue weighted by molar-refractivity contribution is 7.93. The van der Waals surface area contributed by atoms with Gasteiger partial charge in [-0.1, -0.05) is 78.3 Å². The fraction of sp³-hybridized carbons (Fsp3) is 0.273. The first-order valence-corrected chi connectivity index (χ1v) is 15.9. The molecule has 42 heavy (non-hydrogen) atoms. The maximum Gasteiger partial charge on any atom is 0.265 e. The van der Waals surface area contributed by atoms with Crippen molar-refractivity contribution in [3.05, 3.63) is 107 Å². The predicted octanol–water partition coefficient (Wildman–Crippen LogP) is 5.95. The number of anilines is 1. The molecule has 0 saturated carbocycles. The number of nitrogens with zero attached hydrogens (tertiary/aromatic N) is 2. The third kappa shape index (κ3) is 6.30. The zero-order valence-corrected chi connectivity index (χ0v) is 25.2. The van der Waals surface area contributed by atoms with Crippen LogP contribution in [-0.4, -0.2) is 43.8 Å². The summed E-state index contributed by atoms with van der Waals surface area (Å²) in [6.07, 6.45) is 0.695. The van der Waals surface area contributed by atoms with Crippen LogP contribution in [0.25, 0.3) is 10.8 Å². The third-order valence-corrected chi connectivity index (χ3v) is 9.47. The Labute approximate surface area is 252 Å². The number of sulfonamides is 1. The van der Waals surface area contributed by atoms with Crippen LogP contribution >= 0.6 is 11.6 Å². The van der Waals surface area contributed by atoms with Gasteiger partial charge in [-0.15, -0.1) is 0 Å². The van der Waals surface area contributed by atoms with Gasteiger partial charge in [-0.05, 0) is 61.0 Å². The van der Waals surface area contributed by atoms with E-state index in [0.717, 1.165) is 16.5 Å². The summed E-state index contributed by atoms with van der Waals surface area (Å²) < 4.78 is 28.2. The van der Waals surface area contributed by atoms with Gasteiger partial charge in [0.2, 0.25) is 11.8 Å². The molecule has 1 aliphatic heterocycles. The number of amides is 2.